The Labute approximate surface area is 121 Å². The maximum atomic E-state index is 11.7. The van der Waals surface area contributed by atoms with Gasteiger partial charge in [0.05, 0.1) is 0 Å². The third-order valence-corrected chi connectivity index (χ3v) is 3.05. The maximum Gasteiger partial charge on any atom is 0.332 e. The molecule has 0 aliphatic rings. The van der Waals surface area contributed by atoms with Gasteiger partial charge >= 0.3 is 11.6 Å². The van der Waals surface area contributed by atoms with E-state index in [9.17, 15) is 14.4 Å². The summed E-state index contributed by atoms with van der Waals surface area (Å²) in [5.74, 6) is -0.292. The van der Waals surface area contributed by atoms with Crippen LogP contribution in [0.15, 0.2) is 36.9 Å². The van der Waals surface area contributed by atoms with E-state index in [4.69, 9.17) is 4.42 Å². The molecule has 0 aliphatic carbocycles. The van der Waals surface area contributed by atoms with Crippen LogP contribution in [0.3, 0.4) is 0 Å². The minimum absolute atomic E-state index is 0.0817. The molecular formula is C11H11BrN4O4. The fraction of sp³-hybridized carbons (Fsp3) is 0.182. The van der Waals surface area contributed by atoms with Gasteiger partial charge in [0, 0.05) is 20.2 Å². The van der Waals surface area contributed by atoms with E-state index in [0.717, 1.165) is 4.57 Å². The normalized spacial score (nSPS) is 10.3. The SMILES string of the molecule is Cn1c(NNC(=O)c2ccc(Br)o2)cc(=O)n(C)c1=O. The van der Waals surface area contributed by atoms with Gasteiger partial charge in [-0.05, 0) is 28.1 Å². The van der Waals surface area contributed by atoms with Gasteiger partial charge in [0.25, 0.3) is 5.56 Å². The van der Waals surface area contributed by atoms with Crippen LogP contribution in [0.25, 0.3) is 0 Å². The standard InChI is InChI=1S/C11H11BrN4O4/c1-15-8(5-9(17)16(2)11(15)19)13-14-10(18)6-3-4-7(12)20-6/h3-5,13H,1-2H3,(H,14,18). The molecule has 0 saturated heterocycles. The average molecular weight is 343 g/mol. The van der Waals surface area contributed by atoms with E-state index in [-0.39, 0.29) is 11.6 Å². The predicted molar refractivity (Wildman–Crippen MR) is 74.4 cm³/mol. The van der Waals surface area contributed by atoms with Crippen LogP contribution in [0.5, 0.6) is 0 Å². The van der Waals surface area contributed by atoms with E-state index in [1.165, 1.54) is 30.8 Å². The lowest BCUT2D eigenvalue weighted by Gasteiger charge is -2.11. The largest absolute Gasteiger partial charge is 0.444 e. The van der Waals surface area contributed by atoms with Crippen molar-refractivity contribution in [3.63, 3.8) is 0 Å². The molecule has 0 atom stereocenters. The van der Waals surface area contributed by atoms with E-state index >= 15 is 0 Å². The molecule has 0 radical (unpaired) electrons. The molecule has 0 aromatic carbocycles. The van der Waals surface area contributed by atoms with Crippen molar-refractivity contribution in [3.8, 4) is 0 Å². The van der Waals surface area contributed by atoms with Gasteiger partial charge < -0.3 is 4.42 Å². The van der Waals surface area contributed by atoms with E-state index in [0.29, 0.717) is 4.67 Å². The summed E-state index contributed by atoms with van der Waals surface area (Å²) < 4.78 is 7.63. The number of carbonyl (C=O) groups is 1. The maximum absolute atomic E-state index is 11.7. The molecule has 0 bridgehead atoms. The molecule has 9 heteroatoms. The number of nitrogens with one attached hydrogen (secondary N) is 2. The minimum atomic E-state index is -0.538. The van der Waals surface area contributed by atoms with Crippen LogP contribution in [0, 0.1) is 0 Å². The van der Waals surface area contributed by atoms with E-state index < -0.39 is 17.2 Å². The first-order valence-corrected chi connectivity index (χ1v) is 6.28. The highest BCUT2D eigenvalue weighted by Crippen LogP contribution is 2.13. The van der Waals surface area contributed by atoms with Gasteiger partial charge in [0.2, 0.25) is 0 Å². The molecule has 2 aromatic rings. The summed E-state index contributed by atoms with van der Waals surface area (Å²) in [7, 11) is 2.84. The summed E-state index contributed by atoms with van der Waals surface area (Å²) in [5.41, 5.74) is 3.85. The van der Waals surface area contributed by atoms with Gasteiger partial charge in [-0.2, -0.15) is 0 Å². The zero-order chi connectivity index (χ0) is 14.9. The summed E-state index contributed by atoms with van der Waals surface area (Å²) in [5, 5.41) is 0. The molecule has 2 N–H and O–H groups in total. The van der Waals surface area contributed by atoms with E-state index in [1.807, 2.05) is 0 Å². The van der Waals surface area contributed by atoms with Gasteiger partial charge in [0.1, 0.15) is 5.82 Å². The number of anilines is 1. The van der Waals surface area contributed by atoms with Crippen molar-refractivity contribution in [1.82, 2.24) is 14.6 Å². The monoisotopic (exact) mass is 342 g/mol. The Morgan fingerprint density at radius 3 is 2.55 bits per heavy atom. The van der Waals surface area contributed by atoms with Crippen LogP contribution < -0.4 is 22.1 Å². The molecule has 2 aromatic heterocycles. The third kappa shape index (κ3) is 2.67. The van der Waals surface area contributed by atoms with E-state index in [1.54, 1.807) is 6.07 Å². The lowest BCUT2D eigenvalue weighted by molar-refractivity contribution is 0.0933. The lowest BCUT2D eigenvalue weighted by Crippen LogP contribution is -2.40. The van der Waals surface area contributed by atoms with Crippen molar-refractivity contribution in [1.29, 1.82) is 0 Å². The second kappa shape index (κ2) is 5.37. The summed E-state index contributed by atoms with van der Waals surface area (Å²) in [6.45, 7) is 0. The smallest absolute Gasteiger partial charge is 0.332 e. The Morgan fingerprint density at radius 1 is 1.25 bits per heavy atom. The third-order valence-electron chi connectivity index (χ3n) is 2.63. The Balaban J connectivity index is 2.18. The molecule has 106 valence electrons. The number of amides is 1. The number of hydrogen-bond acceptors (Lipinski definition) is 5. The lowest BCUT2D eigenvalue weighted by atomic mass is 10.4. The Hall–Kier alpha value is -2.29. The number of halogens is 1. The van der Waals surface area contributed by atoms with Gasteiger partial charge in [0.15, 0.2) is 10.4 Å². The Bertz CT molecular complexity index is 773. The fourth-order valence-corrected chi connectivity index (χ4v) is 1.78. The van der Waals surface area contributed by atoms with Crippen LogP contribution in [0.2, 0.25) is 0 Å². The second-order valence-electron chi connectivity index (χ2n) is 3.95. The van der Waals surface area contributed by atoms with Crippen molar-refractivity contribution in [3.05, 3.63) is 49.5 Å². The molecule has 0 unspecified atom stereocenters. The van der Waals surface area contributed by atoms with Gasteiger partial charge in [-0.25, -0.2) is 4.79 Å². The summed E-state index contributed by atoms with van der Waals surface area (Å²) in [6, 6.07) is 4.24. The van der Waals surface area contributed by atoms with Crippen LogP contribution in [-0.4, -0.2) is 15.0 Å². The van der Waals surface area contributed by atoms with Crippen LogP contribution in [-0.2, 0) is 14.1 Å². The Kier molecular flexibility index (Phi) is 3.79. The van der Waals surface area contributed by atoms with Crippen molar-refractivity contribution in [2.75, 3.05) is 5.43 Å². The first kappa shape index (κ1) is 14.1. The van der Waals surface area contributed by atoms with Gasteiger partial charge in [-0.3, -0.25) is 29.6 Å². The molecular weight excluding hydrogens is 332 g/mol. The number of hydrazine groups is 1. The molecule has 8 nitrogen and oxygen atoms in total. The molecule has 0 fully saturated rings. The molecule has 20 heavy (non-hydrogen) atoms. The zero-order valence-electron chi connectivity index (χ0n) is 10.6. The first-order chi connectivity index (χ1) is 9.40. The van der Waals surface area contributed by atoms with Gasteiger partial charge in [-0.15, -0.1) is 0 Å². The number of hydrogen-bond donors (Lipinski definition) is 2. The van der Waals surface area contributed by atoms with Crippen molar-refractivity contribution < 1.29 is 9.21 Å². The van der Waals surface area contributed by atoms with E-state index in [2.05, 4.69) is 26.8 Å². The number of aromatic nitrogens is 2. The van der Waals surface area contributed by atoms with Crippen LogP contribution in [0.1, 0.15) is 10.6 Å². The molecule has 2 heterocycles. The first-order valence-electron chi connectivity index (χ1n) is 5.49. The van der Waals surface area contributed by atoms with Crippen molar-refractivity contribution in [2.45, 2.75) is 0 Å². The highest BCUT2D eigenvalue weighted by Gasteiger charge is 2.11. The average Bonchev–Trinajstić information content (AvgIpc) is 2.85. The minimum Gasteiger partial charge on any atom is -0.444 e. The topological polar surface area (TPSA) is 98.3 Å². The van der Waals surface area contributed by atoms with Gasteiger partial charge in [-0.1, -0.05) is 0 Å². The zero-order valence-corrected chi connectivity index (χ0v) is 12.2. The Morgan fingerprint density at radius 2 is 1.95 bits per heavy atom. The molecule has 0 saturated carbocycles. The summed E-state index contributed by atoms with van der Waals surface area (Å²) in [4.78, 5) is 34.9. The number of furan rings is 1. The van der Waals surface area contributed by atoms with Crippen molar-refractivity contribution in [2.24, 2.45) is 14.1 Å². The number of nitrogens with zero attached hydrogens (tertiary/aromatic N) is 2. The molecule has 0 spiro atoms. The molecule has 0 aliphatic heterocycles. The molecule has 1 amide bonds. The predicted octanol–water partition coefficient (Wildman–Crippen LogP) is 0.196. The fourth-order valence-electron chi connectivity index (χ4n) is 1.47. The second-order valence-corrected chi connectivity index (χ2v) is 4.73. The summed E-state index contributed by atoms with van der Waals surface area (Å²) >= 11 is 3.08. The summed E-state index contributed by atoms with van der Waals surface area (Å²) in [6.07, 6.45) is 0. The molecule has 2 rings (SSSR count). The quantitative estimate of drug-likeness (QED) is 0.776. The number of rotatable bonds is 3. The van der Waals surface area contributed by atoms with Crippen LogP contribution >= 0.6 is 15.9 Å². The van der Waals surface area contributed by atoms with Crippen LogP contribution in [0.4, 0.5) is 5.82 Å². The number of carbonyl (C=O) groups excluding carboxylic acids is 1. The highest BCUT2D eigenvalue weighted by molar-refractivity contribution is 9.10. The van der Waals surface area contributed by atoms with Crippen molar-refractivity contribution >= 4 is 27.7 Å². The highest BCUT2D eigenvalue weighted by atomic mass is 79.9.